The minimum Gasteiger partial charge on any atom is -0.507 e. The Hall–Kier alpha value is -1.31. The van der Waals surface area contributed by atoms with Gasteiger partial charge in [0.1, 0.15) is 5.75 Å². The molecule has 0 spiro atoms. The zero-order valence-electron chi connectivity index (χ0n) is 16.0. The molecule has 1 aromatic carbocycles. The van der Waals surface area contributed by atoms with Gasteiger partial charge in [-0.05, 0) is 29.4 Å². The van der Waals surface area contributed by atoms with Crippen LogP contribution in [0.1, 0.15) is 102 Å². The number of carbonyl (C=O) groups excluding carboxylic acids is 1. The fourth-order valence-corrected chi connectivity index (χ4v) is 2.80. The van der Waals surface area contributed by atoms with E-state index in [4.69, 9.17) is 0 Å². The van der Waals surface area contributed by atoms with Crippen molar-refractivity contribution >= 4 is 5.78 Å². The third kappa shape index (κ3) is 5.37. The molecule has 0 radical (unpaired) electrons. The Morgan fingerprint density at radius 1 is 0.913 bits per heavy atom. The predicted molar refractivity (Wildman–Crippen MR) is 98.6 cm³/mol. The highest BCUT2D eigenvalue weighted by molar-refractivity contribution is 5.96. The molecule has 0 fully saturated rings. The number of phenols is 1. The number of Topliss-reactive ketones (excluding diaryl/α,β-unsaturated/α-hetero) is 1. The van der Waals surface area contributed by atoms with Crippen molar-refractivity contribution in [1.29, 1.82) is 0 Å². The fourth-order valence-electron chi connectivity index (χ4n) is 2.80. The molecule has 0 atom stereocenters. The lowest BCUT2D eigenvalue weighted by atomic mass is 9.78. The molecule has 0 bridgehead atoms. The molecule has 0 saturated heterocycles. The number of aromatic hydroxyl groups is 1. The maximum Gasteiger partial charge on any atom is 0.162 e. The van der Waals surface area contributed by atoms with Gasteiger partial charge in [-0.3, -0.25) is 4.79 Å². The molecule has 0 amide bonds. The first-order chi connectivity index (χ1) is 10.5. The van der Waals surface area contributed by atoms with Crippen LogP contribution in [0, 0.1) is 0 Å². The first-order valence-corrected chi connectivity index (χ1v) is 8.89. The van der Waals surface area contributed by atoms with Gasteiger partial charge in [0.2, 0.25) is 0 Å². The Balaban J connectivity index is 3.20. The number of benzene rings is 1. The summed E-state index contributed by atoms with van der Waals surface area (Å²) in [7, 11) is 0. The molecule has 0 heterocycles. The molecule has 0 aromatic heterocycles. The van der Waals surface area contributed by atoms with E-state index < -0.39 is 0 Å². The average Bonchev–Trinajstić information content (AvgIpc) is 2.41. The second kappa shape index (κ2) is 7.51. The van der Waals surface area contributed by atoms with Gasteiger partial charge in [-0.25, -0.2) is 0 Å². The van der Waals surface area contributed by atoms with E-state index in [0.29, 0.717) is 12.2 Å². The molecular weight excluding hydrogens is 284 g/mol. The molecule has 1 N–H and O–H groups in total. The highest BCUT2D eigenvalue weighted by Gasteiger charge is 2.27. The van der Waals surface area contributed by atoms with Gasteiger partial charge in [0.25, 0.3) is 0 Å². The van der Waals surface area contributed by atoms with Crippen molar-refractivity contribution in [3.8, 4) is 5.75 Å². The SMILES string of the molecule is CCCCCCC(=O)c1cc(C(C)(C)C)c(O)c(C(C)(C)C)c1. The van der Waals surface area contributed by atoms with E-state index in [1.54, 1.807) is 0 Å². The normalized spacial score (nSPS) is 12.5. The maximum atomic E-state index is 12.6. The van der Waals surface area contributed by atoms with E-state index in [-0.39, 0.29) is 16.6 Å². The van der Waals surface area contributed by atoms with Gasteiger partial charge in [-0.2, -0.15) is 0 Å². The quantitative estimate of drug-likeness (QED) is 0.505. The van der Waals surface area contributed by atoms with Crippen LogP contribution in [0.4, 0.5) is 0 Å². The van der Waals surface area contributed by atoms with Crippen LogP contribution in [0.15, 0.2) is 12.1 Å². The number of unbranched alkanes of at least 4 members (excludes halogenated alkanes) is 3. The molecule has 2 nitrogen and oxygen atoms in total. The van der Waals surface area contributed by atoms with Crippen molar-refractivity contribution in [3.63, 3.8) is 0 Å². The lowest BCUT2D eigenvalue weighted by Gasteiger charge is -2.28. The van der Waals surface area contributed by atoms with E-state index >= 15 is 0 Å². The Kier molecular flexibility index (Phi) is 6.44. The molecule has 1 aromatic rings. The number of hydrogen-bond acceptors (Lipinski definition) is 2. The van der Waals surface area contributed by atoms with Gasteiger partial charge in [0, 0.05) is 23.1 Å². The molecule has 0 aliphatic rings. The molecule has 0 unspecified atom stereocenters. The lowest BCUT2D eigenvalue weighted by molar-refractivity contribution is 0.0979. The molecule has 23 heavy (non-hydrogen) atoms. The molecule has 2 heteroatoms. The molecule has 130 valence electrons. The summed E-state index contributed by atoms with van der Waals surface area (Å²) in [5, 5.41) is 10.7. The van der Waals surface area contributed by atoms with Crippen molar-refractivity contribution in [2.75, 3.05) is 0 Å². The Morgan fingerprint density at radius 3 is 1.78 bits per heavy atom. The Bertz CT molecular complexity index is 507. The fraction of sp³-hybridized carbons (Fsp3) is 0.667. The van der Waals surface area contributed by atoms with E-state index in [0.717, 1.165) is 29.5 Å². The second-order valence-corrected chi connectivity index (χ2v) is 8.65. The van der Waals surface area contributed by atoms with Crippen molar-refractivity contribution in [2.24, 2.45) is 0 Å². The smallest absolute Gasteiger partial charge is 0.162 e. The average molecular weight is 319 g/mol. The summed E-state index contributed by atoms with van der Waals surface area (Å²) in [6, 6.07) is 3.79. The van der Waals surface area contributed by atoms with Gasteiger partial charge in [-0.1, -0.05) is 67.7 Å². The zero-order chi connectivity index (χ0) is 17.8. The highest BCUT2D eigenvalue weighted by atomic mass is 16.3. The number of carbonyl (C=O) groups is 1. The number of ketones is 1. The van der Waals surface area contributed by atoms with Crippen LogP contribution >= 0.6 is 0 Å². The summed E-state index contributed by atoms with van der Waals surface area (Å²) < 4.78 is 0. The van der Waals surface area contributed by atoms with Gasteiger partial charge < -0.3 is 5.11 Å². The second-order valence-electron chi connectivity index (χ2n) is 8.65. The predicted octanol–water partition coefficient (Wildman–Crippen LogP) is 6.14. The van der Waals surface area contributed by atoms with Gasteiger partial charge in [0.05, 0.1) is 0 Å². The monoisotopic (exact) mass is 318 g/mol. The third-order valence-corrected chi connectivity index (χ3v) is 4.31. The van der Waals surface area contributed by atoms with E-state index in [2.05, 4.69) is 48.5 Å². The van der Waals surface area contributed by atoms with Gasteiger partial charge in [0.15, 0.2) is 5.78 Å². The van der Waals surface area contributed by atoms with Crippen molar-refractivity contribution < 1.29 is 9.90 Å². The standard InChI is InChI=1S/C21H34O2/c1-8-9-10-11-12-18(22)15-13-16(20(2,3)4)19(23)17(14-15)21(5,6)7/h13-14,23H,8-12H2,1-7H3. The van der Waals surface area contributed by atoms with Crippen molar-refractivity contribution in [2.45, 2.75) is 91.4 Å². The van der Waals surface area contributed by atoms with Crippen LogP contribution in [0.2, 0.25) is 0 Å². The van der Waals surface area contributed by atoms with Crippen molar-refractivity contribution in [1.82, 2.24) is 0 Å². The Morgan fingerprint density at radius 2 is 1.39 bits per heavy atom. The first kappa shape index (κ1) is 19.7. The summed E-state index contributed by atoms with van der Waals surface area (Å²) in [6.45, 7) is 14.6. The molecule has 1 rings (SSSR count). The summed E-state index contributed by atoms with van der Waals surface area (Å²) in [5.74, 6) is 0.532. The summed E-state index contributed by atoms with van der Waals surface area (Å²) in [4.78, 5) is 12.6. The largest absolute Gasteiger partial charge is 0.507 e. The summed E-state index contributed by atoms with van der Waals surface area (Å²) in [5.41, 5.74) is 2.09. The third-order valence-electron chi connectivity index (χ3n) is 4.31. The minimum atomic E-state index is -0.192. The van der Waals surface area contributed by atoms with Crippen LogP contribution < -0.4 is 0 Å². The number of hydrogen-bond donors (Lipinski definition) is 1. The summed E-state index contributed by atoms with van der Waals surface area (Å²) >= 11 is 0. The van der Waals surface area contributed by atoms with Crippen LogP contribution in [0.3, 0.4) is 0 Å². The Labute approximate surface area is 142 Å². The molecular formula is C21H34O2. The van der Waals surface area contributed by atoms with Crippen LogP contribution in [0.5, 0.6) is 5.75 Å². The minimum absolute atomic E-state index is 0.192. The number of rotatable bonds is 6. The summed E-state index contributed by atoms with van der Waals surface area (Å²) in [6.07, 6.45) is 5.01. The number of phenolic OH excluding ortho intramolecular Hbond substituents is 1. The lowest BCUT2D eigenvalue weighted by Crippen LogP contribution is -2.18. The van der Waals surface area contributed by atoms with Crippen LogP contribution in [-0.2, 0) is 10.8 Å². The van der Waals surface area contributed by atoms with E-state index in [9.17, 15) is 9.90 Å². The van der Waals surface area contributed by atoms with Crippen LogP contribution in [0.25, 0.3) is 0 Å². The molecule has 0 aliphatic heterocycles. The van der Waals surface area contributed by atoms with Gasteiger partial charge in [-0.15, -0.1) is 0 Å². The molecule has 0 saturated carbocycles. The topological polar surface area (TPSA) is 37.3 Å². The molecule has 0 aliphatic carbocycles. The van der Waals surface area contributed by atoms with Gasteiger partial charge >= 0.3 is 0 Å². The first-order valence-electron chi connectivity index (χ1n) is 8.89. The highest BCUT2D eigenvalue weighted by Crippen LogP contribution is 2.40. The zero-order valence-corrected chi connectivity index (χ0v) is 16.0. The maximum absolute atomic E-state index is 12.6. The van der Waals surface area contributed by atoms with E-state index in [1.807, 2.05) is 12.1 Å². The van der Waals surface area contributed by atoms with Crippen molar-refractivity contribution in [3.05, 3.63) is 28.8 Å². The van der Waals surface area contributed by atoms with Crippen LogP contribution in [-0.4, -0.2) is 10.9 Å². The van der Waals surface area contributed by atoms with E-state index in [1.165, 1.54) is 12.8 Å².